The summed E-state index contributed by atoms with van der Waals surface area (Å²) >= 11 is 0. The van der Waals surface area contributed by atoms with Crippen LogP contribution in [0.2, 0.25) is 0 Å². The lowest BCUT2D eigenvalue weighted by atomic mass is 9.81. The molecular formula is C31H60ClN. The van der Waals surface area contributed by atoms with Gasteiger partial charge in [0.05, 0.1) is 0 Å². The van der Waals surface area contributed by atoms with E-state index >= 15 is 0 Å². The Labute approximate surface area is 215 Å². The predicted molar refractivity (Wildman–Crippen MR) is 154 cm³/mol. The number of halogens is 1. The molecule has 1 aromatic rings. The van der Waals surface area contributed by atoms with E-state index in [1.54, 1.807) is 0 Å². The van der Waals surface area contributed by atoms with Gasteiger partial charge in [-0.1, -0.05) is 173 Å². The third kappa shape index (κ3) is 23.0. The second kappa shape index (κ2) is 24.6. The molecule has 0 aromatic heterocycles. The van der Waals surface area contributed by atoms with Gasteiger partial charge in [0.2, 0.25) is 0 Å². The van der Waals surface area contributed by atoms with Crippen LogP contribution in [-0.2, 0) is 6.42 Å². The number of hydrogen-bond acceptors (Lipinski definition) is 1. The number of unbranched alkanes of at least 4 members (excludes halogenated alkanes) is 18. The van der Waals surface area contributed by atoms with Gasteiger partial charge in [-0.25, -0.2) is 0 Å². The summed E-state index contributed by atoms with van der Waals surface area (Å²) in [7, 11) is 0. The van der Waals surface area contributed by atoms with Crippen LogP contribution in [0, 0.1) is 5.41 Å². The van der Waals surface area contributed by atoms with Gasteiger partial charge < -0.3 is 6.15 Å². The number of rotatable bonds is 22. The van der Waals surface area contributed by atoms with E-state index in [1.807, 2.05) is 0 Å². The molecule has 0 amide bonds. The first-order chi connectivity index (χ1) is 15.1. The summed E-state index contributed by atoms with van der Waals surface area (Å²) in [5.74, 6) is 0. The average molecular weight is 482 g/mol. The molecule has 1 rings (SSSR count). The minimum absolute atomic E-state index is 0. The molecule has 1 aromatic carbocycles. The van der Waals surface area contributed by atoms with Gasteiger partial charge in [0.1, 0.15) is 0 Å². The Bertz CT molecular complexity index is 485. The van der Waals surface area contributed by atoms with Crippen LogP contribution in [0.15, 0.2) is 30.3 Å². The van der Waals surface area contributed by atoms with Crippen LogP contribution >= 0.6 is 12.4 Å². The Morgan fingerprint density at radius 3 is 1.21 bits per heavy atom. The molecule has 3 N–H and O–H groups in total. The second-order valence-electron chi connectivity index (χ2n) is 10.9. The third-order valence-electron chi connectivity index (χ3n) is 6.98. The van der Waals surface area contributed by atoms with Gasteiger partial charge in [0.15, 0.2) is 0 Å². The highest BCUT2D eigenvalue weighted by molar-refractivity contribution is 5.85. The van der Waals surface area contributed by atoms with Crippen molar-refractivity contribution in [3.63, 3.8) is 0 Å². The molecule has 33 heavy (non-hydrogen) atoms. The summed E-state index contributed by atoms with van der Waals surface area (Å²) in [6.45, 7) is 7.18. The second-order valence-corrected chi connectivity index (χ2v) is 10.9. The van der Waals surface area contributed by atoms with Crippen LogP contribution in [-0.4, -0.2) is 0 Å². The van der Waals surface area contributed by atoms with E-state index in [0.717, 1.165) is 0 Å². The summed E-state index contributed by atoms with van der Waals surface area (Å²) in [4.78, 5) is 0. The van der Waals surface area contributed by atoms with Crippen LogP contribution in [0.25, 0.3) is 0 Å². The Morgan fingerprint density at radius 1 is 0.515 bits per heavy atom. The molecule has 0 aliphatic carbocycles. The van der Waals surface area contributed by atoms with Crippen molar-refractivity contribution in [2.75, 3.05) is 0 Å². The van der Waals surface area contributed by atoms with Gasteiger partial charge in [-0.15, -0.1) is 12.4 Å². The summed E-state index contributed by atoms with van der Waals surface area (Å²) in [5, 5.41) is 0. The Kier molecular flexibility index (Phi) is 25.8. The van der Waals surface area contributed by atoms with Crippen LogP contribution in [0.5, 0.6) is 0 Å². The summed E-state index contributed by atoms with van der Waals surface area (Å²) < 4.78 is 0. The van der Waals surface area contributed by atoms with Crippen molar-refractivity contribution in [1.29, 1.82) is 0 Å². The van der Waals surface area contributed by atoms with Crippen molar-refractivity contribution in [2.45, 2.75) is 156 Å². The molecule has 0 aliphatic heterocycles. The first-order valence-electron chi connectivity index (χ1n) is 14.2. The minimum Gasteiger partial charge on any atom is -0.344 e. The van der Waals surface area contributed by atoms with Gasteiger partial charge in [-0.05, 0) is 23.8 Å². The highest BCUT2D eigenvalue weighted by atomic mass is 35.5. The lowest BCUT2D eigenvalue weighted by Crippen LogP contribution is -2.14. The van der Waals surface area contributed by atoms with E-state index in [0.29, 0.717) is 5.41 Å². The van der Waals surface area contributed by atoms with Gasteiger partial charge in [0, 0.05) is 0 Å². The average Bonchev–Trinajstić information content (AvgIpc) is 2.75. The molecule has 1 nitrogen and oxygen atoms in total. The maximum Gasteiger partial charge on any atom is -0.0227 e. The zero-order valence-electron chi connectivity index (χ0n) is 22.9. The summed E-state index contributed by atoms with van der Waals surface area (Å²) in [6.07, 6.45) is 30.3. The molecule has 0 aliphatic rings. The molecule has 2 heteroatoms. The van der Waals surface area contributed by atoms with Crippen molar-refractivity contribution in [2.24, 2.45) is 5.41 Å². The predicted octanol–water partition coefficient (Wildman–Crippen LogP) is 11.7. The van der Waals surface area contributed by atoms with E-state index < -0.39 is 0 Å². The lowest BCUT2D eigenvalue weighted by molar-refractivity contribution is 0.316. The van der Waals surface area contributed by atoms with Crippen LogP contribution in [0.4, 0.5) is 0 Å². The summed E-state index contributed by atoms with van der Waals surface area (Å²) in [6, 6.07) is 11.0. The van der Waals surface area contributed by atoms with Crippen LogP contribution in [0.3, 0.4) is 0 Å². The molecule has 0 fully saturated rings. The van der Waals surface area contributed by atoms with E-state index in [1.165, 1.54) is 140 Å². The molecule has 0 atom stereocenters. The number of benzene rings is 1. The minimum atomic E-state index is 0. The smallest absolute Gasteiger partial charge is 0.0227 e. The van der Waals surface area contributed by atoms with Gasteiger partial charge in [-0.3, -0.25) is 0 Å². The van der Waals surface area contributed by atoms with E-state index in [-0.39, 0.29) is 18.6 Å². The molecule has 0 spiro atoms. The Balaban J connectivity index is 0. The van der Waals surface area contributed by atoms with E-state index in [9.17, 15) is 0 Å². The quantitative estimate of drug-likeness (QED) is 0.164. The van der Waals surface area contributed by atoms with E-state index in [2.05, 4.69) is 51.1 Å². The van der Waals surface area contributed by atoms with Crippen LogP contribution in [0.1, 0.15) is 155 Å². The topological polar surface area (TPSA) is 35.0 Å². The van der Waals surface area contributed by atoms with Crippen molar-refractivity contribution >= 4 is 12.4 Å². The molecule has 0 saturated carbocycles. The van der Waals surface area contributed by atoms with Gasteiger partial charge >= 0.3 is 0 Å². The SMILES string of the molecule is CCCCCCCCCCCCCCCCCCCCCC(C)(C)Cc1ccccc1.Cl.N. The Hall–Kier alpha value is -0.530. The fourth-order valence-corrected chi connectivity index (χ4v) is 4.92. The van der Waals surface area contributed by atoms with Gasteiger partial charge in [-0.2, -0.15) is 0 Å². The van der Waals surface area contributed by atoms with Crippen molar-refractivity contribution < 1.29 is 0 Å². The van der Waals surface area contributed by atoms with Crippen LogP contribution < -0.4 is 6.15 Å². The maximum absolute atomic E-state index is 2.44. The van der Waals surface area contributed by atoms with Crippen molar-refractivity contribution in [3.05, 3.63) is 35.9 Å². The normalized spacial score (nSPS) is 11.1. The molecule has 0 radical (unpaired) electrons. The van der Waals surface area contributed by atoms with Gasteiger partial charge in [0.25, 0.3) is 0 Å². The largest absolute Gasteiger partial charge is 0.344 e. The molecule has 0 unspecified atom stereocenters. The molecule has 196 valence electrons. The molecule has 0 heterocycles. The van der Waals surface area contributed by atoms with Crippen molar-refractivity contribution in [3.8, 4) is 0 Å². The standard InChI is InChI=1S/C31H56.ClH.H3N/c1-4-5-6-7-8-9-10-11-12-13-14-15-16-17-18-19-20-21-25-28-31(2,3)29-30-26-23-22-24-27-30;;/h22-24,26-27H,4-21,25,28-29H2,1-3H3;1H;1H3. The highest BCUT2D eigenvalue weighted by Crippen LogP contribution is 2.28. The van der Waals surface area contributed by atoms with E-state index in [4.69, 9.17) is 0 Å². The molecular weight excluding hydrogens is 422 g/mol. The molecule has 0 saturated heterocycles. The Morgan fingerprint density at radius 2 is 0.848 bits per heavy atom. The first-order valence-corrected chi connectivity index (χ1v) is 14.2. The highest BCUT2D eigenvalue weighted by Gasteiger charge is 2.17. The van der Waals surface area contributed by atoms with Crippen molar-refractivity contribution in [1.82, 2.24) is 6.15 Å². The molecule has 0 bridgehead atoms. The third-order valence-corrected chi connectivity index (χ3v) is 6.98. The fraction of sp³-hybridized carbons (Fsp3) is 0.806. The first kappa shape index (κ1) is 34.6. The number of hydrogen-bond donors (Lipinski definition) is 1. The monoisotopic (exact) mass is 481 g/mol. The summed E-state index contributed by atoms with van der Waals surface area (Å²) in [5.41, 5.74) is 1.93. The fourth-order valence-electron chi connectivity index (χ4n) is 4.92. The zero-order valence-corrected chi connectivity index (χ0v) is 23.7. The lowest BCUT2D eigenvalue weighted by Gasteiger charge is -2.24. The maximum atomic E-state index is 2.44. The zero-order chi connectivity index (χ0) is 22.5.